The maximum absolute atomic E-state index is 11.6. The first-order valence-corrected chi connectivity index (χ1v) is 12.4. The molecule has 0 unspecified atom stereocenters. The minimum Gasteiger partial charge on any atom is -0.382 e. The molecule has 34 heavy (non-hydrogen) atoms. The lowest BCUT2D eigenvalue weighted by Crippen LogP contribution is -2.41. The van der Waals surface area contributed by atoms with Crippen LogP contribution in [0.1, 0.15) is 59.9 Å². The Kier molecular flexibility index (Phi) is 10.7. The van der Waals surface area contributed by atoms with E-state index in [1.54, 1.807) is 19.3 Å². The number of nitrogens with one attached hydrogen (secondary N) is 1. The highest BCUT2D eigenvalue weighted by atomic mass is 16.2. The molecule has 6 heteroatoms. The van der Waals surface area contributed by atoms with Crippen LogP contribution in [0.15, 0.2) is 59.4 Å². The molecular formula is C28H39N5O. The van der Waals surface area contributed by atoms with Crippen molar-refractivity contribution in [2.75, 3.05) is 25.5 Å². The van der Waals surface area contributed by atoms with E-state index in [1.807, 2.05) is 52.6 Å². The molecule has 0 atom stereocenters. The molecule has 0 spiro atoms. The number of aliphatic imine (C=N–C) groups is 1. The van der Waals surface area contributed by atoms with Crippen molar-refractivity contribution in [1.29, 1.82) is 0 Å². The maximum atomic E-state index is 11.6. The molecule has 0 bridgehead atoms. The third-order valence-electron chi connectivity index (χ3n) is 5.78. The zero-order chi connectivity index (χ0) is 25.1. The Morgan fingerprint density at radius 3 is 2.38 bits per heavy atom. The molecule has 1 fully saturated rings. The Balaban J connectivity index is 0.000000970. The molecule has 1 saturated heterocycles. The van der Waals surface area contributed by atoms with Gasteiger partial charge in [-0.15, -0.1) is 0 Å². The second kappa shape index (κ2) is 13.4. The SMILES string of the molecule is C/C=C1/C=C(c2cc(NC3CCN(C(C)=O)CC3)cc3nccnc23)C=CC1=NC.CC.CC. The first-order chi connectivity index (χ1) is 16.6. The Morgan fingerprint density at radius 1 is 1.09 bits per heavy atom. The van der Waals surface area contributed by atoms with E-state index >= 15 is 0 Å². The van der Waals surface area contributed by atoms with Gasteiger partial charge in [-0.25, -0.2) is 0 Å². The lowest BCUT2D eigenvalue weighted by atomic mass is 9.93. The monoisotopic (exact) mass is 461 g/mol. The second-order valence-electron chi connectivity index (χ2n) is 7.66. The molecule has 1 aliphatic carbocycles. The Labute approximate surface area is 204 Å². The fourth-order valence-electron chi connectivity index (χ4n) is 4.11. The summed E-state index contributed by atoms with van der Waals surface area (Å²) in [7, 11) is 1.81. The number of carbonyl (C=O) groups excluding carboxylic acids is 1. The summed E-state index contributed by atoms with van der Waals surface area (Å²) >= 11 is 0. The minimum atomic E-state index is 0.155. The highest BCUT2D eigenvalue weighted by molar-refractivity contribution is 6.15. The van der Waals surface area contributed by atoms with E-state index in [9.17, 15) is 4.79 Å². The van der Waals surface area contributed by atoms with E-state index in [4.69, 9.17) is 0 Å². The van der Waals surface area contributed by atoms with Crippen LogP contribution in [-0.2, 0) is 4.79 Å². The number of fused-ring (bicyclic) bond motifs is 1. The summed E-state index contributed by atoms with van der Waals surface area (Å²) in [6.45, 7) is 13.3. The van der Waals surface area contributed by atoms with Gasteiger partial charge in [-0.2, -0.15) is 0 Å². The molecule has 1 aromatic heterocycles. The number of anilines is 1. The number of allylic oxidation sites excluding steroid dienone is 6. The molecule has 1 aromatic carbocycles. The summed E-state index contributed by atoms with van der Waals surface area (Å²) in [6, 6.07) is 4.56. The van der Waals surface area contributed by atoms with Gasteiger partial charge in [0.25, 0.3) is 0 Å². The summed E-state index contributed by atoms with van der Waals surface area (Å²) < 4.78 is 0. The Hall–Kier alpha value is -3.28. The Bertz CT molecular complexity index is 1090. The first kappa shape index (κ1) is 27.0. The zero-order valence-corrected chi connectivity index (χ0v) is 21.7. The van der Waals surface area contributed by atoms with Gasteiger partial charge in [-0.05, 0) is 55.2 Å². The van der Waals surface area contributed by atoms with Gasteiger partial charge in [0, 0.05) is 56.7 Å². The highest BCUT2D eigenvalue weighted by Gasteiger charge is 2.21. The summed E-state index contributed by atoms with van der Waals surface area (Å²) in [5.74, 6) is 0.155. The van der Waals surface area contributed by atoms with Gasteiger partial charge in [0.1, 0.15) is 0 Å². The van der Waals surface area contributed by atoms with Crippen molar-refractivity contribution in [3.63, 3.8) is 0 Å². The molecule has 0 saturated carbocycles. The molecule has 2 aromatic rings. The molecule has 6 nitrogen and oxygen atoms in total. The van der Waals surface area contributed by atoms with E-state index in [-0.39, 0.29) is 5.91 Å². The maximum Gasteiger partial charge on any atom is 0.219 e. The summed E-state index contributed by atoms with van der Waals surface area (Å²) in [5.41, 5.74) is 7.00. The van der Waals surface area contributed by atoms with Crippen LogP contribution >= 0.6 is 0 Å². The average Bonchev–Trinajstić information content (AvgIpc) is 2.90. The van der Waals surface area contributed by atoms with Crippen LogP contribution in [0.2, 0.25) is 0 Å². The van der Waals surface area contributed by atoms with Crippen molar-refractivity contribution >= 4 is 33.9 Å². The Morgan fingerprint density at radius 2 is 1.76 bits per heavy atom. The van der Waals surface area contributed by atoms with Crippen molar-refractivity contribution in [1.82, 2.24) is 14.9 Å². The number of aromatic nitrogens is 2. The number of amides is 1. The number of hydrogen-bond acceptors (Lipinski definition) is 5. The lowest BCUT2D eigenvalue weighted by Gasteiger charge is -2.32. The van der Waals surface area contributed by atoms with Crippen molar-refractivity contribution in [2.24, 2.45) is 4.99 Å². The van der Waals surface area contributed by atoms with Crippen LogP contribution in [0.5, 0.6) is 0 Å². The fraction of sp³-hybridized carbons (Fsp3) is 0.429. The number of carbonyl (C=O) groups is 1. The van der Waals surface area contributed by atoms with Crippen LogP contribution in [0.3, 0.4) is 0 Å². The van der Waals surface area contributed by atoms with E-state index in [2.05, 4.69) is 50.6 Å². The number of likely N-dealkylation sites (tertiary alicyclic amines) is 1. The molecule has 0 radical (unpaired) electrons. The number of hydrogen-bond donors (Lipinski definition) is 1. The topological polar surface area (TPSA) is 70.5 Å². The third-order valence-corrected chi connectivity index (χ3v) is 5.78. The van der Waals surface area contributed by atoms with Gasteiger partial charge >= 0.3 is 0 Å². The largest absolute Gasteiger partial charge is 0.382 e. The highest BCUT2D eigenvalue weighted by Crippen LogP contribution is 2.31. The molecular weight excluding hydrogens is 422 g/mol. The summed E-state index contributed by atoms with van der Waals surface area (Å²) in [4.78, 5) is 27.0. The molecule has 1 aliphatic heterocycles. The third kappa shape index (κ3) is 6.40. The fourth-order valence-corrected chi connectivity index (χ4v) is 4.11. The van der Waals surface area contributed by atoms with Crippen molar-refractivity contribution in [2.45, 2.75) is 60.4 Å². The average molecular weight is 462 g/mol. The predicted octanol–water partition coefficient (Wildman–Crippen LogP) is 6.08. The van der Waals surface area contributed by atoms with E-state index in [1.165, 1.54) is 0 Å². The molecule has 2 heterocycles. The van der Waals surface area contributed by atoms with Crippen LogP contribution in [0, 0.1) is 0 Å². The van der Waals surface area contributed by atoms with Gasteiger partial charge in [0.05, 0.1) is 16.7 Å². The smallest absolute Gasteiger partial charge is 0.219 e. The molecule has 4 rings (SSSR count). The molecule has 2 aliphatic rings. The summed E-state index contributed by atoms with van der Waals surface area (Å²) in [6.07, 6.45) is 13.7. The van der Waals surface area contributed by atoms with Crippen LogP contribution in [-0.4, -0.2) is 52.7 Å². The van der Waals surface area contributed by atoms with Gasteiger partial charge in [-0.1, -0.05) is 39.8 Å². The molecule has 1 N–H and O–H groups in total. The van der Waals surface area contributed by atoms with Gasteiger partial charge in [-0.3, -0.25) is 19.8 Å². The number of piperidine rings is 1. The second-order valence-corrected chi connectivity index (χ2v) is 7.66. The molecule has 182 valence electrons. The standard InChI is InChI=1S/C24H27N5O.2C2H6/c1-4-17-13-18(5-6-22(17)25-3)21-14-20(15-23-24(21)27-10-9-26-23)28-19-7-11-29(12-8-19)16(2)30;2*1-2/h4-6,9-10,13-15,19,28H,7-8,11-12H2,1-3H3;2*1-2H3/b17-4-,25-22?;;. The molecule has 1 amide bonds. The van der Waals surface area contributed by atoms with Gasteiger partial charge in [0.2, 0.25) is 5.91 Å². The van der Waals surface area contributed by atoms with Crippen LogP contribution in [0.4, 0.5) is 5.69 Å². The lowest BCUT2D eigenvalue weighted by molar-refractivity contribution is -0.129. The minimum absolute atomic E-state index is 0.155. The van der Waals surface area contributed by atoms with Crippen molar-refractivity contribution in [3.8, 4) is 0 Å². The zero-order valence-electron chi connectivity index (χ0n) is 21.7. The first-order valence-electron chi connectivity index (χ1n) is 12.4. The quantitative estimate of drug-likeness (QED) is 0.602. The predicted molar refractivity (Wildman–Crippen MR) is 145 cm³/mol. The van der Waals surface area contributed by atoms with Gasteiger partial charge < -0.3 is 10.2 Å². The number of benzene rings is 1. The van der Waals surface area contributed by atoms with Gasteiger partial charge in [0.15, 0.2) is 0 Å². The van der Waals surface area contributed by atoms with E-state index in [0.717, 1.165) is 65.1 Å². The van der Waals surface area contributed by atoms with E-state index in [0.29, 0.717) is 6.04 Å². The van der Waals surface area contributed by atoms with Crippen molar-refractivity contribution < 1.29 is 4.79 Å². The number of rotatable bonds is 3. The van der Waals surface area contributed by atoms with Crippen molar-refractivity contribution in [3.05, 3.63) is 60.0 Å². The van der Waals surface area contributed by atoms with E-state index < -0.39 is 0 Å². The summed E-state index contributed by atoms with van der Waals surface area (Å²) in [5, 5.41) is 3.66. The number of nitrogens with zero attached hydrogens (tertiary/aromatic N) is 4. The normalized spacial score (nSPS) is 18.1. The van der Waals surface area contributed by atoms with Crippen LogP contribution in [0.25, 0.3) is 16.6 Å². The van der Waals surface area contributed by atoms with Crippen LogP contribution < -0.4 is 5.32 Å².